The van der Waals surface area contributed by atoms with Crippen LogP contribution in [0, 0.1) is 5.92 Å². The van der Waals surface area contributed by atoms with Crippen molar-refractivity contribution in [2.45, 2.75) is 109 Å². The molecule has 4 N–H and O–H groups in total. The lowest BCUT2D eigenvalue weighted by Gasteiger charge is -2.39. The van der Waals surface area contributed by atoms with Crippen molar-refractivity contribution in [1.29, 1.82) is 0 Å². The first-order chi connectivity index (χ1) is 18.4. The molecule has 3 aliphatic heterocycles. The first-order valence-electron chi connectivity index (χ1n) is 13.5. The quantitative estimate of drug-likeness (QED) is 0.0796. The summed E-state index contributed by atoms with van der Waals surface area (Å²) in [6.45, 7) is 9.41. The molecule has 0 aromatic carbocycles. The standard InChI is InChI=1S/C28H42N2O9/c1-16(7-10-24-27(34)28(15-36-28)14-21(39-24)13-26(33)30-35)6-9-23-17(2)12-22(19(4)38-23)29-25(32)11-8-18(3)37-20(5)31/h6-8,10-11,17-19,21-24,27,34-35H,9,12-15H2,1-5H3,(H,29,32)(H,30,33)/b10-7+,11-8-,16-6+/t17-,18-,19+,21+,22+,23-,24+,27-,28+/m0/s1. The van der Waals surface area contributed by atoms with Crippen LogP contribution in [-0.4, -0.2) is 83.0 Å². The van der Waals surface area contributed by atoms with E-state index in [1.165, 1.54) is 13.0 Å². The molecule has 3 aliphatic rings. The number of nitrogens with one attached hydrogen (secondary N) is 2. The van der Waals surface area contributed by atoms with Gasteiger partial charge in [0, 0.05) is 19.4 Å². The molecule has 3 fully saturated rings. The lowest BCUT2D eigenvalue weighted by atomic mass is 9.87. The van der Waals surface area contributed by atoms with Crippen LogP contribution < -0.4 is 10.8 Å². The van der Waals surface area contributed by atoms with E-state index >= 15 is 0 Å². The summed E-state index contributed by atoms with van der Waals surface area (Å²) in [6, 6.07) is -0.134. The predicted molar refractivity (Wildman–Crippen MR) is 140 cm³/mol. The molecule has 3 rings (SSSR count). The third-order valence-electron chi connectivity index (χ3n) is 7.46. The predicted octanol–water partition coefficient (Wildman–Crippen LogP) is 1.87. The van der Waals surface area contributed by atoms with Crippen LogP contribution in [0.15, 0.2) is 36.0 Å². The molecule has 1 spiro atoms. The van der Waals surface area contributed by atoms with Crippen molar-refractivity contribution in [2.24, 2.45) is 5.92 Å². The van der Waals surface area contributed by atoms with Crippen LogP contribution in [0.25, 0.3) is 0 Å². The third-order valence-corrected chi connectivity index (χ3v) is 7.46. The van der Waals surface area contributed by atoms with E-state index in [4.69, 9.17) is 24.2 Å². The normalized spacial score (nSPS) is 35.7. The van der Waals surface area contributed by atoms with Crippen molar-refractivity contribution in [3.05, 3.63) is 36.0 Å². The highest BCUT2D eigenvalue weighted by molar-refractivity contribution is 5.87. The molecule has 11 heteroatoms. The Morgan fingerprint density at radius 2 is 1.90 bits per heavy atom. The second-order valence-corrected chi connectivity index (χ2v) is 10.9. The Morgan fingerprint density at radius 3 is 2.54 bits per heavy atom. The number of carbonyl (C=O) groups is 3. The molecule has 0 aromatic heterocycles. The summed E-state index contributed by atoms with van der Waals surface area (Å²) in [6.07, 6.45) is 7.83. The molecular formula is C28H42N2O9. The molecule has 11 nitrogen and oxygen atoms in total. The maximum atomic E-state index is 12.3. The largest absolute Gasteiger partial charge is 0.459 e. The van der Waals surface area contributed by atoms with Crippen LogP contribution in [0.5, 0.6) is 0 Å². The number of aliphatic hydroxyl groups excluding tert-OH is 1. The monoisotopic (exact) mass is 550 g/mol. The molecule has 2 amide bonds. The van der Waals surface area contributed by atoms with Gasteiger partial charge in [0.15, 0.2) is 0 Å². The molecule has 0 aliphatic carbocycles. The van der Waals surface area contributed by atoms with Crippen LogP contribution in [0.1, 0.15) is 60.3 Å². The van der Waals surface area contributed by atoms with Gasteiger partial charge in [0.2, 0.25) is 11.8 Å². The highest BCUT2D eigenvalue weighted by atomic mass is 16.6. The number of aliphatic hydroxyl groups is 1. The molecule has 0 radical (unpaired) electrons. The van der Waals surface area contributed by atoms with Gasteiger partial charge in [0.25, 0.3) is 0 Å². The van der Waals surface area contributed by atoms with E-state index in [0.717, 1.165) is 12.0 Å². The summed E-state index contributed by atoms with van der Waals surface area (Å²) < 4.78 is 22.7. The Labute approximate surface area is 229 Å². The molecule has 0 unspecified atom stereocenters. The number of hydroxylamine groups is 1. The fourth-order valence-electron chi connectivity index (χ4n) is 5.14. The van der Waals surface area contributed by atoms with Gasteiger partial charge in [-0.2, -0.15) is 0 Å². The number of amides is 2. The molecule has 0 saturated carbocycles. The minimum Gasteiger partial charge on any atom is -0.459 e. The SMILES string of the molecule is CC(=O)O[C@@H](C)/C=C\C(=O)N[C@@H]1C[C@H](C)[C@H](C/C=C(C)/C=C/[C@H]2O[C@H](CC(=O)NO)C[C@@]3(CO3)[C@H]2O)O[C@@H]1C. The van der Waals surface area contributed by atoms with Crippen LogP contribution in [0.3, 0.4) is 0 Å². The number of epoxide rings is 1. The molecule has 218 valence electrons. The molecule has 0 aromatic rings. The van der Waals surface area contributed by atoms with Gasteiger partial charge in [0.1, 0.15) is 23.9 Å². The van der Waals surface area contributed by atoms with E-state index in [1.807, 2.05) is 19.9 Å². The average Bonchev–Trinajstić information content (AvgIpc) is 3.64. The van der Waals surface area contributed by atoms with Gasteiger partial charge in [-0.3, -0.25) is 19.6 Å². The van der Waals surface area contributed by atoms with Gasteiger partial charge < -0.3 is 29.4 Å². The number of esters is 1. The third kappa shape index (κ3) is 8.97. The van der Waals surface area contributed by atoms with Crippen LogP contribution >= 0.6 is 0 Å². The minimum absolute atomic E-state index is 0.0166. The van der Waals surface area contributed by atoms with E-state index in [-0.39, 0.29) is 36.5 Å². The number of allylic oxidation sites excluding steroid dienone is 2. The van der Waals surface area contributed by atoms with Crippen LogP contribution in [0.2, 0.25) is 0 Å². The summed E-state index contributed by atoms with van der Waals surface area (Å²) in [4.78, 5) is 34.9. The van der Waals surface area contributed by atoms with Gasteiger partial charge in [-0.15, -0.1) is 0 Å². The Bertz CT molecular complexity index is 974. The molecule has 3 saturated heterocycles. The van der Waals surface area contributed by atoms with Gasteiger partial charge in [-0.1, -0.05) is 30.7 Å². The van der Waals surface area contributed by atoms with Crippen molar-refractivity contribution >= 4 is 17.8 Å². The van der Waals surface area contributed by atoms with Crippen LogP contribution in [-0.2, 0) is 33.3 Å². The zero-order valence-corrected chi connectivity index (χ0v) is 23.3. The number of hydrogen-bond acceptors (Lipinski definition) is 9. The Hall–Kier alpha value is -2.57. The molecule has 0 bridgehead atoms. The smallest absolute Gasteiger partial charge is 0.303 e. The summed E-state index contributed by atoms with van der Waals surface area (Å²) >= 11 is 0. The molecule has 9 atom stereocenters. The fourth-order valence-corrected chi connectivity index (χ4v) is 5.14. The van der Waals surface area contributed by atoms with Gasteiger partial charge >= 0.3 is 5.97 Å². The van der Waals surface area contributed by atoms with E-state index in [9.17, 15) is 19.5 Å². The average molecular weight is 551 g/mol. The lowest BCUT2D eigenvalue weighted by Crippen LogP contribution is -2.50. The zero-order chi connectivity index (χ0) is 28.7. The summed E-state index contributed by atoms with van der Waals surface area (Å²) in [5.41, 5.74) is 1.89. The van der Waals surface area contributed by atoms with Crippen molar-refractivity contribution < 1.29 is 43.6 Å². The maximum Gasteiger partial charge on any atom is 0.303 e. The van der Waals surface area contributed by atoms with Gasteiger partial charge in [-0.25, -0.2) is 5.48 Å². The molecule has 3 heterocycles. The highest BCUT2D eigenvalue weighted by Crippen LogP contribution is 2.43. The fraction of sp³-hybridized carbons (Fsp3) is 0.679. The van der Waals surface area contributed by atoms with Crippen molar-refractivity contribution in [3.63, 3.8) is 0 Å². The number of carbonyl (C=O) groups excluding carboxylic acids is 3. The molecule has 39 heavy (non-hydrogen) atoms. The highest BCUT2D eigenvalue weighted by Gasteiger charge is 2.58. The Kier molecular flexibility index (Phi) is 10.9. The van der Waals surface area contributed by atoms with Crippen LogP contribution in [0.4, 0.5) is 0 Å². The zero-order valence-electron chi connectivity index (χ0n) is 23.3. The van der Waals surface area contributed by atoms with E-state index < -0.39 is 41.9 Å². The summed E-state index contributed by atoms with van der Waals surface area (Å²) in [5.74, 6) is -1.00. The molecular weight excluding hydrogens is 508 g/mol. The van der Waals surface area contributed by atoms with Gasteiger partial charge in [-0.05, 0) is 45.6 Å². The van der Waals surface area contributed by atoms with E-state index in [0.29, 0.717) is 19.4 Å². The Morgan fingerprint density at radius 1 is 1.18 bits per heavy atom. The summed E-state index contributed by atoms with van der Waals surface area (Å²) in [5, 5.41) is 22.5. The van der Waals surface area contributed by atoms with Crippen molar-refractivity contribution in [2.75, 3.05) is 6.61 Å². The first-order valence-corrected chi connectivity index (χ1v) is 13.5. The maximum absolute atomic E-state index is 12.3. The lowest BCUT2D eigenvalue weighted by molar-refractivity contribution is -0.149. The number of rotatable bonds is 10. The topological polar surface area (TPSA) is 156 Å². The van der Waals surface area contributed by atoms with Crippen molar-refractivity contribution in [3.8, 4) is 0 Å². The second kappa shape index (κ2) is 13.7. The van der Waals surface area contributed by atoms with Gasteiger partial charge in [0.05, 0.1) is 37.4 Å². The van der Waals surface area contributed by atoms with E-state index in [2.05, 4.69) is 18.3 Å². The Balaban J connectivity index is 1.50. The summed E-state index contributed by atoms with van der Waals surface area (Å²) in [7, 11) is 0. The van der Waals surface area contributed by atoms with Crippen molar-refractivity contribution in [1.82, 2.24) is 10.8 Å². The van der Waals surface area contributed by atoms with E-state index in [1.54, 1.807) is 24.6 Å². The number of hydrogen-bond donors (Lipinski definition) is 4. The first kappa shape index (κ1) is 31.0. The second-order valence-electron chi connectivity index (χ2n) is 10.9. The minimum atomic E-state index is -0.843. The number of ether oxygens (including phenoxy) is 4.